The molecule has 0 unspecified atom stereocenters. The van der Waals surface area contributed by atoms with Crippen LogP contribution in [0.2, 0.25) is 0 Å². The molecule has 0 bridgehead atoms. The average molecular weight is 406 g/mol. The molecule has 0 atom stereocenters. The van der Waals surface area contributed by atoms with Gasteiger partial charge in [0.25, 0.3) is 5.91 Å². The van der Waals surface area contributed by atoms with Crippen LogP contribution in [-0.4, -0.2) is 5.91 Å². The lowest BCUT2D eigenvalue weighted by molar-refractivity contribution is 0.102. The molecule has 0 aliphatic rings. The summed E-state index contributed by atoms with van der Waals surface area (Å²) in [6, 6.07) is 6.51. The fraction of sp³-hybridized carbons (Fsp3) is 0. The van der Waals surface area contributed by atoms with Crippen LogP contribution >= 0.6 is 31.9 Å². The van der Waals surface area contributed by atoms with E-state index in [0.717, 1.165) is 6.07 Å². The predicted molar refractivity (Wildman–Crippen MR) is 80.6 cm³/mol. The maximum Gasteiger partial charge on any atom is 0.256 e. The normalized spacial score (nSPS) is 10.4. The fourth-order valence-electron chi connectivity index (χ4n) is 1.57. The summed E-state index contributed by atoms with van der Waals surface area (Å²) in [7, 11) is 0. The topological polar surface area (TPSA) is 55.1 Å². The van der Waals surface area contributed by atoms with E-state index in [2.05, 4.69) is 37.2 Å². The molecule has 2 aromatic carbocycles. The molecular weight excluding hydrogens is 398 g/mol. The van der Waals surface area contributed by atoms with Crippen LogP contribution in [-0.2, 0) is 0 Å². The largest absolute Gasteiger partial charge is 0.398 e. The SMILES string of the molecule is Nc1cccc(C(=O)Nc2c(F)cc(F)cc2Br)c1Br. The first kappa shape index (κ1) is 14.9. The smallest absolute Gasteiger partial charge is 0.256 e. The highest BCUT2D eigenvalue weighted by atomic mass is 79.9. The first-order valence-corrected chi connectivity index (χ1v) is 6.98. The van der Waals surface area contributed by atoms with Gasteiger partial charge in [-0.15, -0.1) is 0 Å². The number of nitrogens with one attached hydrogen (secondary N) is 1. The van der Waals surface area contributed by atoms with Crippen molar-refractivity contribution in [3.05, 3.63) is 56.5 Å². The minimum atomic E-state index is -0.870. The molecule has 0 saturated heterocycles. The van der Waals surface area contributed by atoms with Crippen molar-refractivity contribution < 1.29 is 13.6 Å². The maximum atomic E-state index is 13.6. The van der Waals surface area contributed by atoms with E-state index in [4.69, 9.17) is 5.73 Å². The summed E-state index contributed by atoms with van der Waals surface area (Å²) in [6.07, 6.45) is 0. The van der Waals surface area contributed by atoms with Gasteiger partial charge in [-0.3, -0.25) is 4.79 Å². The predicted octanol–water partition coefficient (Wildman–Crippen LogP) is 4.32. The van der Waals surface area contributed by atoms with E-state index in [1.807, 2.05) is 0 Å². The lowest BCUT2D eigenvalue weighted by Crippen LogP contribution is -2.14. The third kappa shape index (κ3) is 2.99. The summed E-state index contributed by atoms with van der Waals surface area (Å²) in [5.41, 5.74) is 6.17. The van der Waals surface area contributed by atoms with Gasteiger partial charge in [-0.1, -0.05) is 6.07 Å². The summed E-state index contributed by atoms with van der Waals surface area (Å²) in [6.45, 7) is 0. The van der Waals surface area contributed by atoms with E-state index < -0.39 is 17.5 Å². The van der Waals surface area contributed by atoms with Crippen LogP contribution in [0.4, 0.5) is 20.2 Å². The number of amides is 1. The van der Waals surface area contributed by atoms with Crippen molar-refractivity contribution in [3.63, 3.8) is 0 Å². The highest BCUT2D eigenvalue weighted by Gasteiger charge is 2.16. The molecule has 0 fully saturated rings. The van der Waals surface area contributed by atoms with Gasteiger partial charge >= 0.3 is 0 Å². The van der Waals surface area contributed by atoms with Crippen molar-refractivity contribution in [2.45, 2.75) is 0 Å². The standard InChI is InChI=1S/C13H8Br2F2N2O/c14-8-4-6(16)5-9(17)12(8)19-13(20)7-2-1-3-10(18)11(7)15/h1-5H,18H2,(H,19,20). The van der Waals surface area contributed by atoms with Crippen molar-refractivity contribution >= 4 is 49.1 Å². The summed E-state index contributed by atoms with van der Waals surface area (Å²) in [4.78, 5) is 12.1. The Hall–Kier alpha value is -1.47. The zero-order valence-corrected chi connectivity index (χ0v) is 13.1. The summed E-state index contributed by atoms with van der Waals surface area (Å²) >= 11 is 6.19. The molecule has 7 heteroatoms. The fourth-order valence-corrected chi connectivity index (χ4v) is 2.52. The minimum absolute atomic E-state index is 0.114. The Morgan fingerprint density at radius 2 is 1.90 bits per heavy atom. The summed E-state index contributed by atoms with van der Waals surface area (Å²) in [5.74, 6) is -2.17. The van der Waals surface area contributed by atoms with Gasteiger partial charge in [0.15, 0.2) is 5.82 Å². The van der Waals surface area contributed by atoms with Crippen molar-refractivity contribution in [2.24, 2.45) is 0 Å². The Bertz CT molecular complexity index is 669. The van der Waals surface area contributed by atoms with Gasteiger partial charge < -0.3 is 11.1 Å². The zero-order chi connectivity index (χ0) is 14.9. The first-order valence-electron chi connectivity index (χ1n) is 5.40. The molecular formula is C13H8Br2F2N2O. The van der Waals surface area contributed by atoms with E-state index in [1.54, 1.807) is 12.1 Å². The van der Waals surface area contributed by atoms with Crippen LogP contribution in [0.15, 0.2) is 39.3 Å². The van der Waals surface area contributed by atoms with E-state index >= 15 is 0 Å². The van der Waals surface area contributed by atoms with Gasteiger partial charge in [-0.2, -0.15) is 0 Å². The lowest BCUT2D eigenvalue weighted by atomic mass is 10.2. The van der Waals surface area contributed by atoms with Gasteiger partial charge in [-0.25, -0.2) is 8.78 Å². The van der Waals surface area contributed by atoms with Crippen molar-refractivity contribution in [2.75, 3.05) is 11.1 Å². The van der Waals surface area contributed by atoms with Crippen molar-refractivity contribution in [1.82, 2.24) is 0 Å². The van der Waals surface area contributed by atoms with Crippen LogP contribution in [0.1, 0.15) is 10.4 Å². The van der Waals surface area contributed by atoms with Crippen LogP contribution in [0.5, 0.6) is 0 Å². The molecule has 0 aromatic heterocycles. The summed E-state index contributed by atoms with van der Waals surface area (Å²) < 4.78 is 27.2. The summed E-state index contributed by atoms with van der Waals surface area (Å²) in [5, 5.41) is 2.38. The number of nitrogens with two attached hydrogens (primary N) is 1. The third-order valence-corrected chi connectivity index (χ3v) is 4.03. The molecule has 2 rings (SSSR count). The van der Waals surface area contributed by atoms with Crippen molar-refractivity contribution in [1.29, 1.82) is 0 Å². The number of hydrogen-bond acceptors (Lipinski definition) is 2. The molecule has 0 radical (unpaired) electrons. The van der Waals surface area contributed by atoms with Gasteiger partial charge in [-0.05, 0) is 50.1 Å². The third-order valence-electron chi connectivity index (χ3n) is 2.52. The molecule has 3 N–H and O–H groups in total. The monoisotopic (exact) mass is 404 g/mol. The zero-order valence-electron chi connectivity index (χ0n) is 9.88. The van der Waals surface area contributed by atoms with Crippen molar-refractivity contribution in [3.8, 4) is 0 Å². The van der Waals surface area contributed by atoms with Gasteiger partial charge in [0.2, 0.25) is 0 Å². The number of nitrogen functional groups attached to an aromatic ring is 1. The maximum absolute atomic E-state index is 13.6. The highest BCUT2D eigenvalue weighted by molar-refractivity contribution is 9.11. The molecule has 0 heterocycles. The lowest BCUT2D eigenvalue weighted by Gasteiger charge is -2.10. The second-order valence-corrected chi connectivity index (χ2v) is 5.55. The number of carbonyl (C=O) groups is 1. The molecule has 104 valence electrons. The Labute approximate surface area is 130 Å². The first-order chi connectivity index (χ1) is 9.40. The van der Waals surface area contributed by atoms with Crippen LogP contribution in [0, 0.1) is 11.6 Å². The number of anilines is 2. The van der Waals surface area contributed by atoms with Gasteiger partial charge in [0.1, 0.15) is 5.82 Å². The van der Waals surface area contributed by atoms with E-state index in [0.29, 0.717) is 16.2 Å². The average Bonchev–Trinajstić information content (AvgIpc) is 2.36. The Kier molecular flexibility index (Phi) is 4.39. The molecule has 3 nitrogen and oxygen atoms in total. The number of hydrogen-bond donors (Lipinski definition) is 2. The van der Waals surface area contributed by atoms with E-state index in [9.17, 15) is 13.6 Å². The molecule has 20 heavy (non-hydrogen) atoms. The molecule has 1 amide bonds. The number of rotatable bonds is 2. The van der Waals surface area contributed by atoms with E-state index in [1.165, 1.54) is 6.07 Å². The van der Waals surface area contributed by atoms with Gasteiger partial charge in [0.05, 0.1) is 15.7 Å². The second-order valence-electron chi connectivity index (χ2n) is 3.91. The molecule has 0 saturated carbocycles. The molecule has 0 aliphatic carbocycles. The molecule has 0 aliphatic heterocycles. The number of carbonyl (C=O) groups excluding carboxylic acids is 1. The number of halogens is 4. The second kappa shape index (κ2) is 5.88. The van der Waals surface area contributed by atoms with Crippen LogP contribution in [0.25, 0.3) is 0 Å². The Morgan fingerprint density at radius 3 is 2.55 bits per heavy atom. The molecule has 2 aromatic rings. The Balaban J connectivity index is 2.36. The molecule has 0 spiro atoms. The van der Waals surface area contributed by atoms with E-state index in [-0.39, 0.29) is 15.7 Å². The van der Waals surface area contributed by atoms with Gasteiger partial charge in [0, 0.05) is 16.2 Å². The van der Waals surface area contributed by atoms with Crippen LogP contribution < -0.4 is 11.1 Å². The Morgan fingerprint density at radius 1 is 1.20 bits per heavy atom. The minimum Gasteiger partial charge on any atom is -0.398 e. The number of benzene rings is 2. The quantitative estimate of drug-likeness (QED) is 0.731. The highest BCUT2D eigenvalue weighted by Crippen LogP contribution is 2.29. The van der Waals surface area contributed by atoms with Crippen LogP contribution in [0.3, 0.4) is 0 Å².